The summed E-state index contributed by atoms with van der Waals surface area (Å²) in [6, 6.07) is 12.5. The maximum atomic E-state index is 12.4. The van der Waals surface area contributed by atoms with Crippen LogP contribution in [0.15, 0.2) is 47.6 Å². The first kappa shape index (κ1) is 21.3. The van der Waals surface area contributed by atoms with Gasteiger partial charge < -0.3 is 15.9 Å². The van der Waals surface area contributed by atoms with Gasteiger partial charge in [-0.25, -0.2) is 4.68 Å². The number of halogens is 2. The standard InChI is InChI=1S/C19H19Cl2N5O2S/c1-11(18(27)23-10-12-3-6-14(28-2)7-4-12)29-19-25-24-17(26(19)22)15-8-5-13(20)9-16(15)21/h3-9,11H,10,22H2,1-2H3,(H,23,27)/t11-/m0/s1. The van der Waals surface area contributed by atoms with Crippen molar-refractivity contribution in [3.05, 3.63) is 58.1 Å². The SMILES string of the molecule is COc1ccc(CNC(=O)[C@H](C)Sc2nnc(-c3ccc(Cl)cc3Cl)n2N)cc1. The zero-order valence-corrected chi connectivity index (χ0v) is 18.1. The molecule has 0 aliphatic rings. The summed E-state index contributed by atoms with van der Waals surface area (Å²) in [6.07, 6.45) is 0. The highest BCUT2D eigenvalue weighted by atomic mass is 35.5. The Bertz CT molecular complexity index is 1010. The van der Waals surface area contributed by atoms with E-state index in [4.69, 9.17) is 33.8 Å². The van der Waals surface area contributed by atoms with Crippen LogP contribution in [-0.2, 0) is 11.3 Å². The molecule has 1 heterocycles. The molecule has 0 bridgehead atoms. The summed E-state index contributed by atoms with van der Waals surface area (Å²) in [5.41, 5.74) is 1.58. The summed E-state index contributed by atoms with van der Waals surface area (Å²) in [5.74, 6) is 7.14. The largest absolute Gasteiger partial charge is 0.497 e. The Labute approximate surface area is 182 Å². The van der Waals surface area contributed by atoms with E-state index in [1.165, 1.54) is 16.4 Å². The normalized spacial score (nSPS) is 11.9. The molecule has 152 valence electrons. The highest BCUT2D eigenvalue weighted by Crippen LogP contribution is 2.31. The Morgan fingerprint density at radius 3 is 2.62 bits per heavy atom. The molecule has 3 aromatic rings. The number of nitrogen functional groups attached to an aromatic ring is 1. The maximum Gasteiger partial charge on any atom is 0.233 e. The van der Waals surface area contributed by atoms with Crippen molar-refractivity contribution in [3.63, 3.8) is 0 Å². The third-order valence-electron chi connectivity index (χ3n) is 4.11. The van der Waals surface area contributed by atoms with E-state index in [0.29, 0.717) is 33.1 Å². The van der Waals surface area contributed by atoms with Crippen LogP contribution in [0.4, 0.5) is 0 Å². The molecule has 1 aromatic heterocycles. The van der Waals surface area contributed by atoms with Crippen LogP contribution in [0, 0.1) is 0 Å². The minimum Gasteiger partial charge on any atom is -0.497 e. The van der Waals surface area contributed by atoms with Crippen molar-refractivity contribution < 1.29 is 9.53 Å². The smallest absolute Gasteiger partial charge is 0.233 e. The summed E-state index contributed by atoms with van der Waals surface area (Å²) in [4.78, 5) is 12.4. The minimum absolute atomic E-state index is 0.139. The van der Waals surface area contributed by atoms with Crippen LogP contribution < -0.4 is 15.9 Å². The Balaban J connectivity index is 1.63. The molecule has 0 saturated carbocycles. The highest BCUT2D eigenvalue weighted by Gasteiger charge is 2.20. The Kier molecular flexibility index (Phi) is 6.89. The van der Waals surface area contributed by atoms with E-state index in [0.717, 1.165) is 11.3 Å². The average molecular weight is 452 g/mol. The molecule has 29 heavy (non-hydrogen) atoms. The Hall–Kier alpha value is -2.42. The number of amides is 1. The van der Waals surface area contributed by atoms with Gasteiger partial charge in [0, 0.05) is 17.1 Å². The third-order valence-corrected chi connectivity index (χ3v) is 5.72. The zero-order chi connectivity index (χ0) is 21.0. The Morgan fingerprint density at radius 2 is 1.97 bits per heavy atom. The molecule has 0 saturated heterocycles. The molecule has 3 N–H and O–H groups in total. The number of carbonyl (C=O) groups is 1. The number of methoxy groups -OCH3 is 1. The molecular weight excluding hydrogens is 433 g/mol. The van der Waals surface area contributed by atoms with Crippen molar-refractivity contribution >= 4 is 40.9 Å². The first-order chi connectivity index (χ1) is 13.9. The second kappa shape index (κ2) is 9.39. The molecule has 2 aromatic carbocycles. The number of ether oxygens (including phenoxy) is 1. The van der Waals surface area contributed by atoms with Crippen molar-refractivity contribution in [1.82, 2.24) is 20.2 Å². The molecule has 0 fully saturated rings. The number of rotatable bonds is 7. The molecule has 10 heteroatoms. The van der Waals surface area contributed by atoms with Gasteiger partial charge in [-0.3, -0.25) is 4.79 Å². The average Bonchev–Trinajstić information content (AvgIpc) is 3.06. The van der Waals surface area contributed by atoms with Crippen LogP contribution in [0.3, 0.4) is 0 Å². The number of thioether (sulfide) groups is 1. The second-order valence-electron chi connectivity index (χ2n) is 6.13. The van der Waals surface area contributed by atoms with Gasteiger partial charge in [-0.05, 0) is 42.8 Å². The number of nitrogens with zero attached hydrogens (tertiary/aromatic N) is 3. The molecular formula is C19H19Cl2N5O2S. The van der Waals surface area contributed by atoms with Crippen LogP contribution in [0.1, 0.15) is 12.5 Å². The summed E-state index contributed by atoms with van der Waals surface area (Å²) in [7, 11) is 1.61. The molecule has 0 aliphatic carbocycles. The lowest BCUT2D eigenvalue weighted by molar-refractivity contribution is -0.120. The highest BCUT2D eigenvalue weighted by molar-refractivity contribution is 8.00. The second-order valence-corrected chi connectivity index (χ2v) is 8.28. The first-order valence-corrected chi connectivity index (χ1v) is 10.3. The number of benzene rings is 2. The van der Waals surface area contributed by atoms with E-state index in [1.54, 1.807) is 32.2 Å². The summed E-state index contributed by atoms with van der Waals surface area (Å²) in [5, 5.41) is 12.0. The lowest BCUT2D eigenvalue weighted by Gasteiger charge is -2.12. The van der Waals surface area contributed by atoms with Gasteiger partial charge in [0.1, 0.15) is 5.75 Å². The molecule has 0 spiro atoms. The topological polar surface area (TPSA) is 95.1 Å². The predicted octanol–water partition coefficient (Wildman–Crippen LogP) is 3.77. The van der Waals surface area contributed by atoms with Crippen LogP contribution in [-0.4, -0.2) is 33.1 Å². The molecule has 1 atom stereocenters. The van der Waals surface area contributed by atoms with Crippen molar-refractivity contribution in [2.75, 3.05) is 13.0 Å². The van der Waals surface area contributed by atoms with E-state index in [2.05, 4.69) is 15.5 Å². The lowest BCUT2D eigenvalue weighted by Crippen LogP contribution is -2.30. The first-order valence-electron chi connectivity index (χ1n) is 8.62. The van der Waals surface area contributed by atoms with Gasteiger partial charge in [0.15, 0.2) is 5.82 Å². The number of nitrogens with two attached hydrogens (primary N) is 1. The van der Waals surface area contributed by atoms with E-state index in [1.807, 2.05) is 24.3 Å². The van der Waals surface area contributed by atoms with E-state index < -0.39 is 5.25 Å². The number of aromatic nitrogens is 3. The van der Waals surface area contributed by atoms with Gasteiger partial charge in [-0.15, -0.1) is 10.2 Å². The fraction of sp³-hybridized carbons (Fsp3) is 0.211. The third kappa shape index (κ3) is 5.14. The molecule has 0 unspecified atom stereocenters. The fourth-order valence-electron chi connectivity index (χ4n) is 2.50. The number of hydrogen-bond donors (Lipinski definition) is 2. The molecule has 3 rings (SSSR count). The van der Waals surface area contributed by atoms with E-state index in [-0.39, 0.29) is 5.91 Å². The maximum absolute atomic E-state index is 12.4. The quantitative estimate of drug-likeness (QED) is 0.419. The van der Waals surface area contributed by atoms with Crippen molar-refractivity contribution in [3.8, 4) is 17.1 Å². The van der Waals surface area contributed by atoms with Gasteiger partial charge in [-0.2, -0.15) is 0 Å². The van der Waals surface area contributed by atoms with Crippen LogP contribution >= 0.6 is 35.0 Å². The number of nitrogens with one attached hydrogen (secondary N) is 1. The lowest BCUT2D eigenvalue weighted by atomic mass is 10.2. The molecule has 0 aliphatic heterocycles. The fourth-order valence-corrected chi connectivity index (χ4v) is 3.79. The molecule has 7 nitrogen and oxygen atoms in total. The molecule has 1 amide bonds. The van der Waals surface area contributed by atoms with Crippen LogP contribution in [0.25, 0.3) is 11.4 Å². The predicted molar refractivity (Wildman–Crippen MR) is 116 cm³/mol. The van der Waals surface area contributed by atoms with Crippen molar-refractivity contribution in [2.45, 2.75) is 23.9 Å². The monoisotopic (exact) mass is 451 g/mol. The summed E-state index contributed by atoms with van der Waals surface area (Å²) >= 11 is 13.4. The van der Waals surface area contributed by atoms with Gasteiger partial charge in [-0.1, -0.05) is 47.1 Å². The summed E-state index contributed by atoms with van der Waals surface area (Å²) in [6.45, 7) is 2.19. The van der Waals surface area contributed by atoms with Gasteiger partial charge in [0.05, 0.1) is 17.4 Å². The van der Waals surface area contributed by atoms with E-state index in [9.17, 15) is 4.79 Å². The zero-order valence-electron chi connectivity index (χ0n) is 15.7. The summed E-state index contributed by atoms with van der Waals surface area (Å²) < 4.78 is 6.44. The van der Waals surface area contributed by atoms with E-state index >= 15 is 0 Å². The van der Waals surface area contributed by atoms with Gasteiger partial charge in [0.2, 0.25) is 11.1 Å². The number of hydrogen-bond acceptors (Lipinski definition) is 6. The van der Waals surface area contributed by atoms with Crippen LogP contribution in [0.5, 0.6) is 5.75 Å². The van der Waals surface area contributed by atoms with Gasteiger partial charge in [0.25, 0.3) is 0 Å². The van der Waals surface area contributed by atoms with Crippen molar-refractivity contribution in [2.24, 2.45) is 0 Å². The molecule has 0 radical (unpaired) electrons. The van der Waals surface area contributed by atoms with Crippen LogP contribution in [0.2, 0.25) is 10.0 Å². The minimum atomic E-state index is -0.423. The van der Waals surface area contributed by atoms with Crippen molar-refractivity contribution in [1.29, 1.82) is 0 Å². The number of carbonyl (C=O) groups excluding carboxylic acids is 1. The van der Waals surface area contributed by atoms with Gasteiger partial charge >= 0.3 is 0 Å². The Morgan fingerprint density at radius 1 is 1.24 bits per heavy atom.